The molecule has 0 aliphatic heterocycles. The van der Waals surface area contributed by atoms with Crippen molar-refractivity contribution in [2.24, 2.45) is 5.41 Å². The minimum atomic E-state index is -1.44. The largest absolute Gasteiger partial charge is 0.468 e. The van der Waals surface area contributed by atoms with Crippen molar-refractivity contribution in [3.05, 3.63) is 34.9 Å². The van der Waals surface area contributed by atoms with E-state index in [1.54, 1.807) is 6.07 Å². The van der Waals surface area contributed by atoms with Gasteiger partial charge in [0.05, 0.1) is 13.7 Å². The SMILES string of the molecule is COC(=O)C1(CO)Cc2ccc(C)cc2C1=O. The van der Waals surface area contributed by atoms with Gasteiger partial charge in [-0.1, -0.05) is 17.7 Å². The van der Waals surface area contributed by atoms with Crippen LogP contribution in [0.25, 0.3) is 0 Å². The molecule has 0 aromatic heterocycles. The molecule has 1 aliphatic rings. The summed E-state index contributed by atoms with van der Waals surface area (Å²) >= 11 is 0. The molecule has 0 spiro atoms. The van der Waals surface area contributed by atoms with Gasteiger partial charge in [-0.25, -0.2) is 0 Å². The van der Waals surface area contributed by atoms with E-state index in [9.17, 15) is 14.7 Å². The van der Waals surface area contributed by atoms with Crippen LogP contribution in [0.5, 0.6) is 0 Å². The number of hydrogen-bond donors (Lipinski definition) is 1. The van der Waals surface area contributed by atoms with Crippen LogP contribution in [-0.2, 0) is 16.0 Å². The van der Waals surface area contributed by atoms with E-state index in [1.165, 1.54) is 7.11 Å². The Bertz CT molecular complexity index is 492. The number of rotatable bonds is 2. The van der Waals surface area contributed by atoms with Gasteiger partial charge in [0.15, 0.2) is 11.2 Å². The molecule has 0 saturated carbocycles. The first-order valence-electron chi connectivity index (χ1n) is 5.39. The maximum absolute atomic E-state index is 12.2. The Hall–Kier alpha value is -1.68. The normalized spacial score (nSPS) is 22.4. The number of benzene rings is 1. The van der Waals surface area contributed by atoms with E-state index < -0.39 is 18.0 Å². The first-order valence-corrected chi connectivity index (χ1v) is 5.39. The Morgan fingerprint density at radius 1 is 1.53 bits per heavy atom. The lowest BCUT2D eigenvalue weighted by Crippen LogP contribution is -2.41. The highest BCUT2D eigenvalue weighted by molar-refractivity contribution is 6.16. The van der Waals surface area contributed by atoms with Crippen molar-refractivity contribution in [3.8, 4) is 0 Å². The molecular weight excluding hydrogens is 220 g/mol. The number of Topliss-reactive ketones (excluding diaryl/α,β-unsaturated/α-hetero) is 1. The Labute approximate surface area is 99.2 Å². The summed E-state index contributed by atoms with van der Waals surface area (Å²) in [4.78, 5) is 24.0. The predicted molar refractivity (Wildman–Crippen MR) is 60.7 cm³/mol. The molecule has 0 radical (unpaired) electrons. The zero-order valence-electron chi connectivity index (χ0n) is 9.82. The molecule has 0 heterocycles. The quantitative estimate of drug-likeness (QED) is 0.609. The van der Waals surface area contributed by atoms with Gasteiger partial charge in [-0.15, -0.1) is 0 Å². The van der Waals surface area contributed by atoms with Crippen LogP contribution in [0.4, 0.5) is 0 Å². The number of fused-ring (bicyclic) bond motifs is 1. The van der Waals surface area contributed by atoms with Gasteiger partial charge in [-0.3, -0.25) is 9.59 Å². The molecule has 4 nitrogen and oxygen atoms in total. The van der Waals surface area contributed by atoms with Crippen molar-refractivity contribution in [3.63, 3.8) is 0 Å². The van der Waals surface area contributed by atoms with Crippen LogP contribution in [0.1, 0.15) is 21.5 Å². The average molecular weight is 234 g/mol. The molecule has 1 aromatic carbocycles. The molecule has 1 atom stereocenters. The maximum Gasteiger partial charge on any atom is 0.322 e. The van der Waals surface area contributed by atoms with Gasteiger partial charge in [0.2, 0.25) is 0 Å². The van der Waals surface area contributed by atoms with Crippen molar-refractivity contribution >= 4 is 11.8 Å². The van der Waals surface area contributed by atoms with Crippen LogP contribution in [0.2, 0.25) is 0 Å². The summed E-state index contributed by atoms with van der Waals surface area (Å²) < 4.78 is 4.64. The van der Waals surface area contributed by atoms with Gasteiger partial charge in [0.25, 0.3) is 0 Å². The fourth-order valence-electron chi connectivity index (χ4n) is 2.27. The fourth-order valence-corrected chi connectivity index (χ4v) is 2.27. The van der Waals surface area contributed by atoms with Gasteiger partial charge in [0.1, 0.15) is 0 Å². The number of carbonyl (C=O) groups is 2. The third-order valence-electron chi connectivity index (χ3n) is 3.28. The molecular formula is C13H14O4. The number of aliphatic hydroxyl groups excluding tert-OH is 1. The summed E-state index contributed by atoms with van der Waals surface area (Å²) in [6.07, 6.45) is 0.213. The zero-order valence-corrected chi connectivity index (χ0v) is 9.82. The number of carbonyl (C=O) groups excluding carboxylic acids is 2. The summed E-state index contributed by atoms with van der Waals surface area (Å²) in [6.45, 7) is 1.36. The molecule has 0 amide bonds. The second kappa shape index (κ2) is 3.96. The minimum absolute atomic E-state index is 0.213. The van der Waals surface area contributed by atoms with Crippen LogP contribution in [0, 0.1) is 12.3 Å². The topological polar surface area (TPSA) is 63.6 Å². The molecule has 1 unspecified atom stereocenters. The summed E-state index contributed by atoms with van der Waals surface area (Å²) in [5, 5.41) is 9.41. The number of esters is 1. The second-order valence-electron chi connectivity index (χ2n) is 4.40. The van der Waals surface area contributed by atoms with E-state index in [4.69, 9.17) is 0 Å². The van der Waals surface area contributed by atoms with E-state index in [-0.39, 0.29) is 12.2 Å². The third kappa shape index (κ3) is 1.56. The molecule has 90 valence electrons. The third-order valence-corrected chi connectivity index (χ3v) is 3.28. The van der Waals surface area contributed by atoms with Crippen LogP contribution in [-0.4, -0.2) is 30.6 Å². The molecule has 0 bridgehead atoms. The maximum atomic E-state index is 12.2. The molecule has 0 fully saturated rings. The number of ketones is 1. The lowest BCUT2D eigenvalue weighted by molar-refractivity contribution is -0.151. The van der Waals surface area contributed by atoms with Crippen LogP contribution >= 0.6 is 0 Å². The monoisotopic (exact) mass is 234 g/mol. The van der Waals surface area contributed by atoms with Gasteiger partial charge in [-0.05, 0) is 25.0 Å². The summed E-state index contributed by atoms with van der Waals surface area (Å²) in [7, 11) is 1.22. The van der Waals surface area contributed by atoms with E-state index >= 15 is 0 Å². The molecule has 1 N–H and O–H groups in total. The summed E-state index contributed by atoms with van der Waals surface area (Å²) in [6, 6.07) is 5.46. The highest BCUT2D eigenvalue weighted by Crippen LogP contribution is 2.38. The van der Waals surface area contributed by atoms with Crippen molar-refractivity contribution in [2.45, 2.75) is 13.3 Å². The molecule has 4 heteroatoms. The van der Waals surface area contributed by atoms with Gasteiger partial charge >= 0.3 is 5.97 Å². The number of aryl methyl sites for hydroxylation is 1. The smallest absolute Gasteiger partial charge is 0.322 e. The Morgan fingerprint density at radius 2 is 2.24 bits per heavy atom. The molecule has 17 heavy (non-hydrogen) atoms. The Balaban J connectivity index is 2.52. The fraction of sp³-hybridized carbons (Fsp3) is 0.385. The highest BCUT2D eigenvalue weighted by Gasteiger charge is 2.52. The van der Waals surface area contributed by atoms with E-state index in [1.807, 2.05) is 19.1 Å². The molecule has 1 aromatic rings. The number of hydrogen-bond acceptors (Lipinski definition) is 4. The summed E-state index contributed by atoms with van der Waals surface area (Å²) in [5.41, 5.74) is 0.824. The lowest BCUT2D eigenvalue weighted by atomic mass is 9.84. The number of aliphatic hydroxyl groups is 1. The molecule has 1 aliphatic carbocycles. The summed E-state index contributed by atoms with van der Waals surface area (Å²) in [5.74, 6) is -1.01. The highest BCUT2D eigenvalue weighted by atomic mass is 16.5. The molecule has 2 rings (SSSR count). The van der Waals surface area contributed by atoms with Crippen molar-refractivity contribution in [2.75, 3.05) is 13.7 Å². The zero-order chi connectivity index (χ0) is 12.6. The number of ether oxygens (including phenoxy) is 1. The first-order chi connectivity index (χ1) is 8.05. The van der Waals surface area contributed by atoms with E-state index in [0.717, 1.165) is 11.1 Å². The Morgan fingerprint density at radius 3 is 2.82 bits per heavy atom. The van der Waals surface area contributed by atoms with Crippen molar-refractivity contribution in [1.29, 1.82) is 0 Å². The first kappa shape index (κ1) is 11.8. The van der Waals surface area contributed by atoms with Crippen LogP contribution < -0.4 is 0 Å². The molecule has 0 saturated heterocycles. The van der Waals surface area contributed by atoms with Crippen LogP contribution in [0.3, 0.4) is 0 Å². The lowest BCUT2D eigenvalue weighted by Gasteiger charge is -2.20. The van der Waals surface area contributed by atoms with Gasteiger partial charge in [-0.2, -0.15) is 0 Å². The van der Waals surface area contributed by atoms with Crippen molar-refractivity contribution < 1.29 is 19.4 Å². The van der Waals surface area contributed by atoms with Gasteiger partial charge < -0.3 is 9.84 Å². The second-order valence-corrected chi connectivity index (χ2v) is 4.40. The van der Waals surface area contributed by atoms with E-state index in [2.05, 4.69) is 4.74 Å². The Kier molecular flexibility index (Phi) is 2.75. The standard InChI is InChI=1S/C13H14O4/c1-8-3-4-9-6-13(7-14,12(16)17-2)11(15)10(9)5-8/h3-5,14H,6-7H2,1-2H3. The van der Waals surface area contributed by atoms with Crippen molar-refractivity contribution in [1.82, 2.24) is 0 Å². The van der Waals surface area contributed by atoms with Gasteiger partial charge in [0, 0.05) is 5.56 Å². The van der Waals surface area contributed by atoms with Crippen LogP contribution in [0.15, 0.2) is 18.2 Å². The average Bonchev–Trinajstić information content (AvgIpc) is 2.63. The predicted octanol–water partition coefficient (Wildman–Crippen LogP) is 0.886. The number of methoxy groups -OCH3 is 1. The minimum Gasteiger partial charge on any atom is -0.468 e. The van der Waals surface area contributed by atoms with E-state index in [0.29, 0.717) is 5.56 Å².